The van der Waals surface area contributed by atoms with Gasteiger partial charge in [-0.15, -0.1) is 0 Å². The fraction of sp³-hybridized carbons (Fsp3) is 0.467. The summed E-state index contributed by atoms with van der Waals surface area (Å²) in [7, 11) is 0. The molecule has 6 nitrogen and oxygen atoms in total. The number of phenolic OH excluding ortho intramolecular Hbond substituents is 1. The zero-order valence-corrected chi connectivity index (χ0v) is 13.6. The molecule has 0 saturated heterocycles. The Balaban J connectivity index is 1.74. The molecular weight excluding hydrogens is 352 g/mol. The first-order chi connectivity index (χ1) is 10.5. The molecule has 0 aliphatic heterocycles. The molecule has 7 heteroatoms. The molecule has 1 aromatic rings. The number of amides is 2. The van der Waals surface area contributed by atoms with Crippen molar-refractivity contribution in [1.29, 1.82) is 0 Å². The van der Waals surface area contributed by atoms with E-state index >= 15 is 0 Å². The van der Waals surface area contributed by atoms with Crippen LogP contribution in [0.5, 0.6) is 5.75 Å². The lowest BCUT2D eigenvalue weighted by atomic mass is 9.86. The average molecular weight is 371 g/mol. The van der Waals surface area contributed by atoms with Gasteiger partial charge >= 0.3 is 12.0 Å². The van der Waals surface area contributed by atoms with Gasteiger partial charge in [-0.2, -0.15) is 0 Å². The summed E-state index contributed by atoms with van der Waals surface area (Å²) >= 11 is 3.22. The van der Waals surface area contributed by atoms with Crippen molar-refractivity contribution in [2.75, 3.05) is 0 Å². The van der Waals surface area contributed by atoms with Crippen molar-refractivity contribution in [3.8, 4) is 5.75 Å². The summed E-state index contributed by atoms with van der Waals surface area (Å²) in [5.74, 6) is -0.875. The minimum absolute atomic E-state index is 0.0298. The largest absolute Gasteiger partial charge is 0.507 e. The van der Waals surface area contributed by atoms with Crippen LogP contribution in [0.4, 0.5) is 4.79 Å². The van der Waals surface area contributed by atoms with Gasteiger partial charge in [0, 0.05) is 12.6 Å². The molecule has 0 spiro atoms. The summed E-state index contributed by atoms with van der Waals surface area (Å²) in [4.78, 5) is 22.7. The molecule has 1 aromatic carbocycles. The molecule has 0 heterocycles. The van der Waals surface area contributed by atoms with Crippen LogP contribution in [-0.4, -0.2) is 28.3 Å². The van der Waals surface area contributed by atoms with E-state index in [1.54, 1.807) is 18.2 Å². The number of rotatable bonds is 4. The Morgan fingerprint density at radius 2 is 1.91 bits per heavy atom. The van der Waals surface area contributed by atoms with Crippen LogP contribution >= 0.6 is 15.9 Å². The molecule has 1 aliphatic rings. The molecule has 4 N–H and O–H groups in total. The highest BCUT2D eigenvalue weighted by Crippen LogP contribution is 2.25. The molecular formula is C15H19BrN2O4. The van der Waals surface area contributed by atoms with Crippen molar-refractivity contribution in [3.05, 3.63) is 28.2 Å². The summed E-state index contributed by atoms with van der Waals surface area (Å²) in [6.45, 7) is 0.356. The normalized spacial score (nSPS) is 21.1. The Kier molecular flexibility index (Phi) is 5.65. The quantitative estimate of drug-likeness (QED) is 0.654. The van der Waals surface area contributed by atoms with Gasteiger partial charge in [0.1, 0.15) is 5.75 Å². The molecule has 1 aliphatic carbocycles. The number of hydrogen-bond acceptors (Lipinski definition) is 3. The summed E-state index contributed by atoms with van der Waals surface area (Å²) in [6, 6.07) is 4.81. The van der Waals surface area contributed by atoms with Gasteiger partial charge in [-0.05, 0) is 59.3 Å². The molecule has 0 atom stereocenters. The summed E-state index contributed by atoms with van der Waals surface area (Å²) in [5.41, 5.74) is 0.870. The highest BCUT2D eigenvalue weighted by molar-refractivity contribution is 9.10. The number of phenols is 1. The third kappa shape index (κ3) is 4.62. The number of carbonyl (C=O) groups is 2. The zero-order chi connectivity index (χ0) is 16.1. The second kappa shape index (κ2) is 7.49. The number of halogens is 1. The highest BCUT2D eigenvalue weighted by atomic mass is 79.9. The number of benzene rings is 1. The number of nitrogens with one attached hydrogen (secondary N) is 2. The van der Waals surface area contributed by atoms with Crippen LogP contribution in [0.3, 0.4) is 0 Å². The Morgan fingerprint density at radius 1 is 1.23 bits per heavy atom. The first-order valence-corrected chi connectivity index (χ1v) is 7.99. The van der Waals surface area contributed by atoms with Gasteiger partial charge in [-0.3, -0.25) is 4.79 Å². The number of urea groups is 1. The van der Waals surface area contributed by atoms with Crippen molar-refractivity contribution in [1.82, 2.24) is 10.6 Å². The predicted octanol–water partition coefficient (Wildman–Crippen LogP) is 2.60. The van der Waals surface area contributed by atoms with Gasteiger partial charge in [0.2, 0.25) is 0 Å². The molecule has 120 valence electrons. The van der Waals surface area contributed by atoms with E-state index < -0.39 is 5.97 Å². The third-order valence-corrected chi connectivity index (χ3v) is 4.51. The van der Waals surface area contributed by atoms with Crippen molar-refractivity contribution in [2.45, 2.75) is 38.3 Å². The number of carbonyl (C=O) groups excluding carboxylic acids is 1. The summed E-state index contributed by atoms with van der Waals surface area (Å²) < 4.78 is 0.583. The number of aromatic hydroxyl groups is 1. The van der Waals surface area contributed by atoms with Crippen LogP contribution in [0.25, 0.3) is 0 Å². The minimum Gasteiger partial charge on any atom is -0.507 e. The standard InChI is InChI=1S/C15H19BrN2O4/c16-12-7-9(1-6-13(12)19)8-17-15(22)18-11-4-2-10(3-5-11)14(20)21/h1,6-7,10-11,19H,2-5,8H2,(H,20,21)(H2,17,18,22). The average Bonchev–Trinajstić information content (AvgIpc) is 2.49. The fourth-order valence-corrected chi connectivity index (χ4v) is 2.99. The maximum atomic E-state index is 11.9. The highest BCUT2D eigenvalue weighted by Gasteiger charge is 2.26. The fourth-order valence-electron chi connectivity index (χ4n) is 2.56. The number of carboxylic acid groups (broad SMARTS) is 1. The van der Waals surface area contributed by atoms with Crippen molar-refractivity contribution < 1.29 is 19.8 Å². The first kappa shape index (κ1) is 16.6. The van der Waals surface area contributed by atoms with Gasteiger partial charge in [0.25, 0.3) is 0 Å². The second-order valence-corrected chi connectivity index (χ2v) is 6.35. The predicted molar refractivity (Wildman–Crippen MR) is 84.6 cm³/mol. The van der Waals surface area contributed by atoms with E-state index in [0.29, 0.717) is 36.7 Å². The molecule has 0 bridgehead atoms. The topological polar surface area (TPSA) is 98.7 Å². The smallest absolute Gasteiger partial charge is 0.315 e. The molecule has 2 rings (SSSR count). The Morgan fingerprint density at radius 3 is 2.50 bits per heavy atom. The van der Waals surface area contributed by atoms with Crippen molar-refractivity contribution >= 4 is 27.9 Å². The molecule has 1 saturated carbocycles. The van der Waals surface area contributed by atoms with E-state index in [2.05, 4.69) is 26.6 Å². The van der Waals surface area contributed by atoms with Gasteiger partial charge < -0.3 is 20.8 Å². The maximum Gasteiger partial charge on any atom is 0.315 e. The lowest BCUT2D eigenvalue weighted by molar-refractivity contribution is -0.142. The zero-order valence-electron chi connectivity index (χ0n) is 12.0. The van der Waals surface area contributed by atoms with Gasteiger partial charge in [-0.1, -0.05) is 6.07 Å². The first-order valence-electron chi connectivity index (χ1n) is 7.20. The van der Waals surface area contributed by atoms with E-state index in [1.807, 2.05) is 0 Å². The van der Waals surface area contributed by atoms with Crippen LogP contribution in [0, 0.1) is 5.92 Å². The van der Waals surface area contributed by atoms with E-state index in [0.717, 1.165) is 5.56 Å². The van der Waals surface area contributed by atoms with Crippen LogP contribution in [0.1, 0.15) is 31.2 Å². The lowest BCUT2D eigenvalue weighted by Gasteiger charge is -2.26. The number of hydrogen-bond donors (Lipinski definition) is 4. The minimum atomic E-state index is -0.749. The molecule has 22 heavy (non-hydrogen) atoms. The summed E-state index contributed by atoms with van der Waals surface area (Å²) in [6.07, 6.45) is 2.58. The van der Waals surface area contributed by atoms with E-state index in [9.17, 15) is 14.7 Å². The van der Waals surface area contributed by atoms with E-state index in [4.69, 9.17) is 5.11 Å². The SMILES string of the molecule is O=C(NCc1ccc(O)c(Br)c1)NC1CCC(C(=O)O)CC1. The number of aliphatic carboxylic acids is 1. The Hall–Kier alpha value is -1.76. The van der Waals surface area contributed by atoms with Gasteiger partial charge in [0.15, 0.2) is 0 Å². The van der Waals surface area contributed by atoms with Crippen LogP contribution in [0.15, 0.2) is 22.7 Å². The molecule has 0 aromatic heterocycles. The number of carboxylic acids is 1. The lowest BCUT2D eigenvalue weighted by Crippen LogP contribution is -2.43. The monoisotopic (exact) mass is 370 g/mol. The molecule has 1 fully saturated rings. The van der Waals surface area contributed by atoms with Crippen molar-refractivity contribution in [3.63, 3.8) is 0 Å². The van der Waals surface area contributed by atoms with Crippen molar-refractivity contribution in [2.24, 2.45) is 5.92 Å². The summed E-state index contributed by atoms with van der Waals surface area (Å²) in [5, 5.41) is 24.0. The Bertz CT molecular complexity index is 556. The molecule has 0 radical (unpaired) electrons. The molecule has 0 unspecified atom stereocenters. The van der Waals surface area contributed by atoms with Gasteiger partial charge in [-0.25, -0.2) is 4.79 Å². The maximum absolute atomic E-state index is 11.9. The Labute approximate surface area is 137 Å². The van der Waals surface area contributed by atoms with Crippen LogP contribution < -0.4 is 10.6 Å². The third-order valence-electron chi connectivity index (χ3n) is 3.88. The van der Waals surface area contributed by atoms with Crippen LogP contribution in [0.2, 0.25) is 0 Å². The van der Waals surface area contributed by atoms with Gasteiger partial charge in [0.05, 0.1) is 10.4 Å². The van der Waals surface area contributed by atoms with E-state index in [1.165, 1.54) is 0 Å². The second-order valence-electron chi connectivity index (χ2n) is 5.50. The van der Waals surface area contributed by atoms with Crippen LogP contribution in [-0.2, 0) is 11.3 Å². The van der Waals surface area contributed by atoms with E-state index in [-0.39, 0.29) is 23.7 Å². The molecule has 2 amide bonds.